The number of ether oxygens (including phenoxy) is 2. The lowest BCUT2D eigenvalue weighted by Gasteiger charge is -2.16. The van der Waals surface area contributed by atoms with E-state index in [0.717, 1.165) is 17.9 Å². The number of halogens is 2. The van der Waals surface area contributed by atoms with Gasteiger partial charge in [0.15, 0.2) is 0 Å². The zero-order valence-electron chi connectivity index (χ0n) is 10.2. The third-order valence-electron chi connectivity index (χ3n) is 2.43. The third kappa shape index (κ3) is 5.30. The number of methoxy groups -OCH3 is 1. The van der Waals surface area contributed by atoms with Crippen LogP contribution in [0, 0.1) is 0 Å². The number of rotatable bonds is 7. The zero-order valence-corrected chi connectivity index (χ0v) is 13.3. The van der Waals surface area contributed by atoms with E-state index in [4.69, 9.17) is 9.47 Å². The summed E-state index contributed by atoms with van der Waals surface area (Å²) in [5, 5.41) is 0. The summed E-state index contributed by atoms with van der Waals surface area (Å²) in [4.78, 5) is 0.773. The van der Waals surface area contributed by atoms with Gasteiger partial charge >= 0.3 is 0 Å². The maximum atomic E-state index is 5.70. The molecule has 0 aromatic heterocycles. The van der Waals surface area contributed by atoms with Gasteiger partial charge in [-0.2, -0.15) is 0 Å². The molecule has 0 bridgehead atoms. The molecule has 0 heterocycles. The van der Waals surface area contributed by atoms with Crippen LogP contribution in [0.1, 0.15) is 19.8 Å². The number of benzene rings is 1. The quantitative estimate of drug-likeness (QED) is 0.666. The zero-order chi connectivity index (χ0) is 12.7. The Balaban J connectivity index is 2.38. The predicted molar refractivity (Wildman–Crippen MR) is 78.8 cm³/mol. The molecule has 1 aromatic carbocycles. The second-order valence-electron chi connectivity index (χ2n) is 3.81. The summed E-state index contributed by atoms with van der Waals surface area (Å²) in [5.74, 6) is 1.71. The molecule has 0 unspecified atom stereocenters. The average Bonchev–Trinajstić information content (AvgIpc) is 2.36. The minimum Gasteiger partial charge on any atom is -0.497 e. The van der Waals surface area contributed by atoms with Crippen LogP contribution in [-0.2, 0) is 0 Å². The van der Waals surface area contributed by atoms with Crippen molar-refractivity contribution >= 4 is 31.9 Å². The van der Waals surface area contributed by atoms with Gasteiger partial charge in [-0.1, -0.05) is 45.2 Å². The van der Waals surface area contributed by atoms with Crippen molar-refractivity contribution in [1.29, 1.82) is 0 Å². The van der Waals surface area contributed by atoms with Crippen LogP contribution >= 0.6 is 31.9 Å². The van der Waals surface area contributed by atoms with E-state index < -0.39 is 0 Å². The normalized spacial score (nSPS) is 14.1. The number of hydrogen-bond acceptors (Lipinski definition) is 2. The summed E-state index contributed by atoms with van der Waals surface area (Å²) in [5.41, 5.74) is 0. The summed E-state index contributed by atoms with van der Waals surface area (Å²) in [7, 11) is 1.66. The van der Waals surface area contributed by atoms with Gasteiger partial charge in [-0.3, -0.25) is 0 Å². The minimum atomic E-state index is 0.324. The standard InChI is InChI=1S/C13H18Br2O2/c1-3-4-12(14)13(15)9-17-11-7-5-10(16-2)6-8-11/h5-8,12-13H,3-4,9H2,1-2H3/t12-,13-/m1/s1. The summed E-state index contributed by atoms with van der Waals surface area (Å²) >= 11 is 7.29. The minimum absolute atomic E-state index is 0.324. The molecule has 0 N–H and O–H groups in total. The van der Waals surface area contributed by atoms with Crippen LogP contribution in [0.5, 0.6) is 11.5 Å². The molecule has 0 saturated carbocycles. The highest BCUT2D eigenvalue weighted by Crippen LogP contribution is 2.22. The van der Waals surface area contributed by atoms with E-state index in [-0.39, 0.29) is 0 Å². The van der Waals surface area contributed by atoms with Crippen LogP contribution in [0.4, 0.5) is 0 Å². The number of alkyl halides is 2. The summed E-state index contributed by atoms with van der Waals surface area (Å²) in [6.45, 7) is 2.83. The largest absolute Gasteiger partial charge is 0.497 e. The highest BCUT2D eigenvalue weighted by Gasteiger charge is 2.15. The van der Waals surface area contributed by atoms with Crippen molar-refractivity contribution in [2.75, 3.05) is 13.7 Å². The molecule has 1 rings (SSSR count). The topological polar surface area (TPSA) is 18.5 Å². The second-order valence-corrected chi connectivity index (χ2v) is 6.16. The molecule has 0 spiro atoms. The molecule has 0 amide bonds. The first kappa shape index (κ1) is 14.8. The van der Waals surface area contributed by atoms with Crippen LogP contribution in [0.3, 0.4) is 0 Å². The van der Waals surface area contributed by atoms with Crippen molar-refractivity contribution in [2.24, 2.45) is 0 Å². The molecular formula is C13H18Br2O2. The van der Waals surface area contributed by atoms with Gasteiger partial charge < -0.3 is 9.47 Å². The first-order valence-corrected chi connectivity index (χ1v) is 7.55. The monoisotopic (exact) mass is 364 g/mol. The van der Waals surface area contributed by atoms with Gasteiger partial charge in [0, 0.05) is 4.83 Å². The molecule has 0 aliphatic rings. The van der Waals surface area contributed by atoms with E-state index in [9.17, 15) is 0 Å². The van der Waals surface area contributed by atoms with Gasteiger partial charge in [0.25, 0.3) is 0 Å². The Hall–Kier alpha value is -0.220. The molecule has 17 heavy (non-hydrogen) atoms. The first-order valence-electron chi connectivity index (χ1n) is 5.72. The van der Waals surface area contributed by atoms with E-state index in [1.165, 1.54) is 6.42 Å². The Morgan fingerprint density at radius 1 is 1.06 bits per heavy atom. The second kappa shape index (κ2) is 7.98. The third-order valence-corrected chi connectivity index (χ3v) is 5.13. The van der Waals surface area contributed by atoms with Crippen molar-refractivity contribution in [3.8, 4) is 11.5 Å². The van der Waals surface area contributed by atoms with Gasteiger partial charge in [-0.05, 0) is 30.7 Å². The Morgan fingerprint density at radius 2 is 1.65 bits per heavy atom. The molecule has 0 saturated heterocycles. The molecule has 0 fully saturated rings. The lowest BCUT2D eigenvalue weighted by molar-refractivity contribution is 0.315. The average molecular weight is 366 g/mol. The van der Waals surface area contributed by atoms with Crippen molar-refractivity contribution < 1.29 is 9.47 Å². The van der Waals surface area contributed by atoms with E-state index in [2.05, 4.69) is 38.8 Å². The molecule has 4 heteroatoms. The van der Waals surface area contributed by atoms with Crippen LogP contribution in [0.15, 0.2) is 24.3 Å². The fourth-order valence-electron chi connectivity index (χ4n) is 1.41. The van der Waals surface area contributed by atoms with Gasteiger partial charge in [0.1, 0.15) is 18.1 Å². The summed E-state index contributed by atoms with van der Waals surface area (Å²) in [6.07, 6.45) is 2.31. The van der Waals surface area contributed by atoms with Crippen LogP contribution in [0.2, 0.25) is 0 Å². The Kier molecular flexibility index (Phi) is 6.97. The molecule has 0 aliphatic heterocycles. The molecule has 0 aliphatic carbocycles. The van der Waals surface area contributed by atoms with Crippen molar-refractivity contribution in [3.05, 3.63) is 24.3 Å². The van der Waals surface area contributed by atoms with Crippen molar-refractivity contribution in [1.82, 2.24) is 0 Å². The molecule has 2 nitrogen and oxygen atoms in total. The summed E-state index contributed by atoms with van der Waals surface area (Å²) < 4.78 is 10.8. The lowest BCUT2D eigenvalue weighted by atomic mass is 10.2. The lowest BCUT2D eigenvalue weighted by Crippen LogP contribution is -2.21. The molecule has 1 aromatic rings. The molecule has 2 atom stereocenters. The fraction of sp³-hybridized carbons (Fsp3) is 0.538. The SMILES string of the molecule is CCC[C@@H](Br)[C@H](Br)COc1ccc(OC)cc1. The first-order chi connectivity index (χ1) is 8.17. The van der Waals surface area contributed by atoms with E-state index in [1.54, 1.807) is 7.11 Å². The molecule has 0 radical (unpaired) electrons. The molecule has 96 valence electrons. The van der Waals surface area contributed by atoms with Gasteiger partial charge in [0.05, 0.1) is 11.9 Å². The highest BCUT2D eigenvalue weighted by molar-refractivity contribution is 9.12. The number of hydrogen-bond donors (Lipinski definition) is 0. The Labute approximate surface area is 120 Å². The fourth-order valence-corrected chi connectivity index (χ4v) is 2.42. The van der Waals surface area contributed by atoms with Crippen LogP contribution in [0.25, 0.3) is 0 Å². The van der Waals surface area contributed by atoms with Gasteiger partial charge in [0.2, 0.25) is 0 Å². The van der Waals surface area contributed by atoms with Crippen molar-refractivity contribution in [3.63, 3.8) is 0 Å². The maximum absolute atomic E-state index is 5.70. The Bertz CT molecular complexity index is 314. The van der Waals surface area contributed by atoms with Gasteiger partial charge in [-0.25, -0.2) is 0 Å². The van der Waals surface area contributed by atoms with Crippen molar-refractivity contribution in [2.45, 2.75) is 29.4 Å². The van der Waals surface area contributed by atoms with Crippen LogP contribution in [-0.4, -0.2) is 23.4 Å². The van der Waals surface area contributed by atoms with E-state index in [0.29, 0.717) is 16.3 Å². The van der Waals surface area contributed by atoms with Crippen LogP contribution < -0.4 is 9.47 Å². The highest BCUT2D eigenvalue weighted by atomic mass is 79.9. The predicted octanol–water partition coefficient (Wildman–Crippen LogP) is 4.40. The summed E-state index contributed by atoms with van der Waals surface area (Å²) in [6, 6.07) is 7.63. The van der Waals surface area contributed by atoms with E-state index >= 15 is 0 Å². The Morgan fingerprint density at radius 3 is 2.18 bits per heavy atom. The smallest absolute Gasteiger partial charge is 0.119 e. The maximum Gasteiger partial charge on any atom is 0.119 e. The van der Waals surface area contributed by atoms with E-state index in [1.807, 2.05) is 24.3 Å². The van der Waals surface area contributed by atoms with Gasteiger partial charge in [-0.15, -0.1) is 0 Å². The molecular weight excluding hydrogens is 348 g/mol.